The minimum absolute atomic E-state index is 0. The van der Waals surface area contributed by atoms with Crippen molar-refractivity contribution in [3.63, 3.8) is 0 Å². The molecular formula is C20H30ClN3O2. The van der Waals surface area contributed by atoms with Crippen LogP contribution in [0.1, 0.15) is 50.5 Å². The van der Waals surface area contributed by atoms with Crippen LogP contribution in [0.2, 0.25) is 0 Å². The summed E-state index contributed by atoms with van der Waals surface area (Å²) in [6, 6.07) is 7.94. The molecule has 0 spiro atoms. The molecule has 1 aliphatic heterocycles. The Hall–Kier alpha value is -1.59. The number of carbonyl (C=O) groups is 2. The second kappa shape index (κ2) is 9.93. The first-order valence-electron chi connectivity index (χ1n) is 9.55. The molecule has 6 heteroatoms. The first-order chi connectivity index (χ1) is 12.2. The third-order valence-corrected chi connectivity index (χ3v) is 5.65. The molecule has 0 radical (unpaired) electrons. The Labute approximate surface area is 161 Å². The summed E-state index contributed by atoms with van der Waals surface area (Å²) in [4.78, 5) is 24.6. The van der Waals surface area contributed by atoms with Gasteiger partial charge in [-0.05, 0) is 43.2 Å². The second-order valence-corrected chi connectivity index (χ2v) is 7.39. The number of anilines is 1. The van der Waals surface area contributed by atoms with E-state index in [0.29, 0.717) is 31.7 Å². The second-order valence-electron chi connectivity index (χ2n) is 7.39. The molecule has 1 heterocycles. The monoisotopic (exact) mass is 379 g/mol. The number of nitrogens with one attached hydrogen (secondary N) is 2. The molecule has 1 aromatic rings. The van der Waals surface area contributed by atoms with Crippen molar-refractivity contribution in [2.45, 2.75) is 57.4 Å². The Bertz CT molecular complexity index is 617. The normalized spacial score (nSPS) is 21.1. The Kier molecular flexibility index (Phi) is 7.91. The fourth-order valence-corrected chi connectivity index (χ4v) is 4.14. The Morgan fingerprint density at radius 1 is 1.23 bits per heavy atom. The maximum absolute atomic E-state index is 12.4. The van der Waals surface area contributed by atoms with Gasteiger partial charge in [-0.1, -0.05) is 37.5 Å². The average Bonchev–Trinajstić information content (AvgIpc) is 2.65. The number of para-hydroxylation sites is 1. The quantitative estimate of drug-likeness (QED) is 0.710. The molecular weight excluding hydrogens is 350 g/mol. The number of benzene rings is 1. The molecule has 1 aromatic carbocycles. The van der Waals surface area contributed by atoms with E-state index in [1.54, 1.807) is 0 Å². The molecule has 144 valence electrons. The standard InChI is InChI=1S/C20H29N3O2.ClH/c21-13-18(14-6-2-1-3-7-14)22-19(24)11-10-16-12-15-8-4-5-9-17(15)23-20(16)25;/h4-5,8-9,14,16,18H,1-3,6-7,10-13,21H2,(H,22,24)(H,23,25);1H. The molecule has 2 atom stereocenters. The molecule has 5 nitrogen and oxygen atoms in total. The lowest BCUT2D eigenvalue weighted by Gasteiger charge is -2.30. The van der Waals surface area contributed by atoms with Crippen LogP contribution in [0.25, 0.3) is 0 Å². The summed E-state index contributed by atoms with van der Waals surface area (Å²) in [5.74, 6) is 0.418. The minimum Gasteiger partial charge on any atom is -0.352 e. The number of halogens is 1. The SMILES string of the molecule is Cl.NCC(NC(=O)CCC1Cc2ccccc2NC1=O)C1CCCCC1. The smallest absolute Gasteiger partial charge is 0.227 e. The van der Waals surface area contributed by atoms with Gasteiger partial charge in [-0.25, -0.2) is 0 Å². The minimum atomic E-state index is -0.133. The van der Waals surface area contributed by atoms with Crippen molar-refractivity contribution in [1.82, 2.24) is 5.32 Å². The number of hydrogen-bond acceptors (Lipinski definition) is 3. The Morgan fingerprint density at radius 2 is 1.96 bits per heavy atom. The summed E-state index contributed by atoms with van der Waals surface area (Å²) >= 11 is 0. The van der Waals surface area contributed by atoms with Crippen molar-refractivity contribution < 1.29 is 9.59 Å². The van der Waals surface area contributed by atoms with E-state index in [1.807, 2.05) is 24.3 Å². The van der Waals surface area contributed by atoms with Crippen LogP contribution in [-0.2, 0) is 16.0 Å². The van der Waals surface area contributed by atoms with Crippen LogP contribution in [0.5, 0.6) is 0 Å². The number of hydrogen-bond donors (Lipinski definition) is 3. The summed E-state index contributed by atoms with van der Waals surface area (Å²) in [5.41, 5.74) is 7.93. The molecule has 0 aromatic heterocycles. The molecule has 1 saturated carbocycles. The Balaban J connectivity index is 0.00000243. The number of nitrogens with two attached hydrogens (primary N) is 1. The number of amides is 2. The summed E-state index contributed by atoms with van der Waals surface area (Å²) in [6.07, 6.45) is 7.74. The van der Waals surface area contributed by atoms with E-state index in [9.17, 15) is 9.59 Å². The van der Waals surface area contributed by atoms with Gasteiger partial charge in [0.1, 0.15) is 0 Å². The van der Waals surface area contributed by atoms with Gasteiger partial charge in [-0.3, -0.25) is 9.59 Å². The Morgan fingerprint density at radius 3 is 2.69 bits per heavy atom. The predicted octanol–water partition coefficient (Wildman–Crippen LogP) is 3.02. The molecule has 0 saturated heterocycles. The third kappa shape index (κ3) is 5.21. The summed E-state index contributed by atoms with van der Waals surface area (Å²) in [7, 11) is 0. The predicted molar refractivity (Wildman–Crippen MR) is 106 cm³/mol. The molecule has 3 rings (SSSR count). The molecule has 0 bridgehead atoms. The van der Waals surface area contributed by atoms with E-state index >= 15 is 0 Å². The molecule has 1 aliphatic carbocycles. The topological polar surface area (TPSA) is 84.2 Å². The average molecular weight is 380 g/mol. The van der Waals surface area contributed by atoms with Crippen molar-refractivity contribution in [2.75, 3.05) is 11.9 Å². The van der Waals surface area contributed by atoms with Crippen molar-refractivity contribution in [2.24, 2.45) is 17.6 Å². The molecule has 4 N–H and O–H groups in total. The van der Waals surface area contributed by atoms with Gasteiger partial charge < -0.3 is 16.4 Å². The molecule has 2 unspecified atom stereocenters. The highest BCUT2D eigenvalue weighted by Gasteiger charge is 2.27. The maximum atomic E-state index is 12.4. The van der Waals surface area contributed by atoms with E-state index in [4.69, 9.17) is 5.73 Å². The zero-order valence-electron chi connectivity index (χ0n) is 15.2. The largest absolute Gasteiger partial charge is 0.352 e. The highest BCUT2D eigenvalue weighted by atomic mass is 35.5. The van der Waals surface area contributed by atoms with Gasteiger partial charge >= 0.3 is 0 Å². The number of fused-ring (bicyclic) bond motifs is 1. The van der Waals surface area contributed by atoms with Crippen LogP contribution in [0, 0.1) is 11.8 Å². The van der Waals surface area contributed by atoms with Gasteiger partial charge in [-0.2, -0.15) is 0 Å². The van der Waals surface area contributed by atoms with E-state index in [0.717, 1.165) is 24.1 Å². The molecule has 1 fully saturated rings. The van der Waals surface area contributed by atoms with Crippen LogP contribution < -0.4 is 16.4 Å². The van der Waals surface area contributed by atoms with Gasteiger partial charge in [0.25, 0.3) is 0 Å². The van der Waals surface area contributed by atoms with Crippen molar-refractivity contribution >= 4 is 29.9 Å². The van der Waals surface area contributed by atoms with Crippen molar-refractivity contribution in [1.29, 1.82) is 0 Å². The molecule has 2 amide bonds. The molecule has 2 aliphatic rings. The zero-order valence-corrected chi connectivity index (χ0v) is 16.0. The lowest BCUT2D eigenvalue weighted by molar-refractivity contribution is -0.123. The maximum Gasteiger partial charge on any atom is 0.227 e. The zero-order chi connectivity index (χ0) is 17.6. The van der Waals surface area contributed by atoms with E-state index in [1.165, 1.54) is 19.3 Å². The highest BCUT2D eigenvalue weighted by Crippen LogP contribution is 2.28. The first kappa shape index (κ1) is 20.7. The lowest BCUT2D eigenvalue weighted by atomic mass is 9.83. The molecule has 26 heavy (non-hydrogen) atoms. The van der Waals surface area contributed by atoms with Gasteiger partial charge in [0, 0.05) is 30.6 Å². The first-order valence-corrected chi connectivity index (χ1v) is 9.55. The van der Waals surface area contributed by atoms with Gasteiger partial charge in [0.2, 0.25) is 11.8 Å². The number of carbonyl (C=O) groups excluding carboxylic acids is 2. The summed E-state index contributed by atoms with van der Waals surface area (Å²) in [6.45, 7) is 0.494. The highest BCUT2D eigenvalue weighted by molar-refractivity contribution is 5.96. The van der Waals surface area contributed by atoms with Gasteiger partial charge in [-0.15, -0.1) is 12.4 Å². The van der Waals surface area contributed by atoms with Crippen LogP contribution in [-0.4, -0.2) is 24.4 Å². The fourth-order valence-electron chi connectivity index (χ4n) is 4.14. The lowest BCUT2D eigenvalue weighted by Crippen LogP contribution is -2.46. The van der Waals surface area contributed by atoms with Crippen LogP contribution in [0.4, 0.5) is 5.69 Å². The van der Waals surface area contributed by atoms with E-state index in [2.05, 4.69) is 10.6 Å². The fraction of sp³-hybridized carbons (Fsp3) is 0.600. The van der Waals surface area contributed by atoms with Gasteiger partial charge in [0.05, 0.1) is 0 Å². The van der Waals surface area contributed by atoms with Crippen molar-refractivity contribution in [3.05, 3.63) is 29.8 Å². The van der Waals surface area contributed by atoms with Crippen LogP contribution >= 0.6 is 12.4 Å². The van der Waals surface area contributed by atoms with Crippen LogP contribution in [0.15, 0.2) is 24.3 Å². The van der Waals surface area contributed by atoms with Crippen LogP contribution in [0.3, 0.4) is 0 Å². The summed E-state index contributed by atoms with van der Waals surface area (Å²) < 4.78 is 0. The summed E-state index contributed by atoms with van der Waals surface area (Å²) in [5, 5.41) is 6.06. The van der Waals surface area contributed by atoms with E-state index in [-0.39, 0.29) is 36.2 Å². The van der Waals surface area contributed by atoms with Gasteiger partial charge in [0.15, 0.2) is 0 Å². The van der Waals surface area contributed by atoms with E-state index < -0.39 is 0 Å². The number of rotatable bonds is 6. The van der Waals surface area contributed by atoms with Crippen molar-refractivity contribution in [3.8, 4) is 0 Å². The third-order valence-electron chi connectivity index (χ3n) is 5.65.